The van der Waals surface area contributed by atoms with Gasteiger partial charge in [-0.3, -0.25) is 4.79 Å². The minimum absolute atomic E-state index is 0.0158. The second-order valence-corrected chi connectivity index (χ2v) is 5.33. The molecule has 0 aliphatic rings. The molecule has 100 valence electrons. The maximum absolute atomic E-state index is 11.7. The number of carbonyl (C=O) groups is 1. The van der Waals surface area contributed by atoms with Crippen LogP contribution >= 0.6 is 11.3 Å². The zero-order valence-electron chi connectivity index (χ0n) is 10.8. The van der Waals surface area contributed by atoms with Gasteiger partial charge < -0.3 is 11.1 Å². The minimum Gasteiger partial charge on any atom is -0.375 e. The van der Waals surface area contributed by atoms with E-state index < -0.39 is 0 Å². The van der Waals surface area contributed by atoms with Crippen LogP contribution in [0.2, 0.25) is 0 Å². The number of nitrogens with zero attached hydrogens (tertiary/aromatic N) is 1. The van der Waals surface area contributed by atoms with Crippen molar-refractivity contribution < 1.29 is 4.79 Å². The first kappa shape index (κ1) is 13.5. The Morgan fingerprint density at radius 1 is 1.47 bits per heavy atom. The molecule has 0 fully saturated rings. The SMILES string of the molecule is Cc1cccc(CCNC(=O)Cc2csc(N)n2)c1. The summed E-state index contributed by atoms with van der Waals surface area (Å²) in [5, 5.41) is 5.21. The highest BCUT2D eigenvalue weighted by Gasteiger charge is 2.06. The molecule has 1 heterocycles. The summed E-state index contributed by atoms with van der Waals surface area (Å²) in [6, 6.07) is 8.30. The highest BCUT2D eigenvalue weighted by Crippen LogP contribution is 2.11. The maximum Gasteiger partial charge on any atom is 0.226 e. The minimum atomic E-state index is -0.0158. The number of nitrogens with two attached hydrogens (primary N) is 1. The summed E-state index contributed by atoms with van der Waals surface area (Å²) >= 11 is 1.36. The van der Waals surface area contributed by atoms with E-state index in [4.69, 9.17) is 5.73 Å². The molecule has 1 aromatic carbocycles. The smallest absolute Gasteiger partial charge is 0.226 e. The average molecular weight is 275 g/mol. The zero-order valence-corrected chi connectivity index (χ0v) is 11.7. The van der Waals surface area contributed by atoms with Crippen LogP contribution in [-0.4, -0.2) is 17.4 Å². The van der Waals surface area contributed by atoms with Crippen LogP contribution in [0.1, 0.15) is 16.8 Å². The fourth-order valence-corrected chi connectivity index (χ4v) is 2.41. The lowest BCUT2D eigenvalue weighted by atomic mass is 10.1. The molecule has 0 saturated carbocycles. The van der Waals surface area contributed by atoms with E-state index in [9.17, 15) is 4.79 Å². The Kier molecular flexibility index (Phi) is 4.52. The van der Waals surface area contributed by atoms with Gasteiger partial charge in [0, 0.05) is 11.9 Å². The fourth-order valence-electron chi connectivity index (χ4n) is 1.84. The van der Waals surface area contributed by atoms with Crippen molar-refractivity contribution in [3.8, 4) is 0 Å². The molecule has 19 heavy (non-hydrogen) atoms. The van der Waals surface area contributed by atoms with Crippen LogP contribution in [0.25, 0.3) is 0 Å². The topological polar surface area (TPSA) is 68.0 Å². The van der Waals surface area contributed by atoms with Crippen molar-refractivity contribution in [3.05, 3.63) is 46.5 Å². The molecule has 0 spiro atoms. The van der Waals surface area contributed by atoms with Gasteiger partial charge in [0.1, 0.15) is 0 Å². The predicted octanol–water partition coefficient (Wildman–Crippen LogP) is 1.94. The third kappa shape index (κ3) is 4.37. The molecule has 1 amide bonds. The van der Waals surface area contributed by atoms with Crippen LogP contribution < -0.4 is 11.1 Å². The van der Waals surface area contributed by atoms with Crippen LogP contribution in [0.15, 0.2) is 29.6 Å². The number of aryl methyl sites for hydroxylation is 1. The van der Waals surface area contributed by atoms with Gasteiger partial charge in [-0.1, -0.05) is 29.8 Å². The molecule has 4 nitrogen and oxygen atoms in total. The normalized spacial score (nSPS) is 10.4. The third-order valence-electron chi connectivity index (χ3n) is 2.73. The number of hydrogen-bond donors (Lipinski definition) is 2. The van der Waals surface area contributed by atoms with Gasteiger partial charge in [0.05, 0.1) is 12.1 Å². The van der Waals surface area contributed by atoms with Crippen molar-refractivity contribution in [1.82, 2.24) is 10.3 Å². The standard InChI is InChI=1S/C14H17N3OS/c1-10-3-2-4-11(7-10)5-6-16-13(18)8-12-9-19-14(15)17-12/h2-4,7,9H,5-6,8H2,1H3,(H2,15,17)(H,16,18). The second kappa shape index (κ2) is 6.33. The molecule has 1 aromatic heterocycles. The van der Waals surface area contributed by atoms with Crippen LogP contribution in [-0.2, 0) is 17.6 Å². The Balaban J connectivity index is 1.75. The van der Waals surface area contributed by atoms with Crippen molar-refractivity contribution in [3.63, 3.8) is 0 Å². The second-order valence-electron chi connectivity index (χ2n) is 4.44. The Labute approximate surface area is 116 Å². The van der Waals surface area contributed by atoms with E-state index >= 15 is 0 Å². The molecule has 3 N–H and O–H groups in total. The van der Waals surface area contributed by atoms with Gasteiger partial charge in [0.15, 0.2) is 5.13 Å². The van der Waals surface area contributed by atoms with Gasteiger partial charge in [-0.2, -0.15) is 0 Å². The van der Waals surface area contributed by atoms with E-state index in [0.717, 1.165) is 12.1 Å². The lowest BCUT2D eigenvalue weighted by Gasteiger charge is -2.05. The van der Waals surface area contributed by atoms with Gasteiger partial charge >= 0.3 is 0 Å². The number of thiazole rings is 1. The van der Waals surface area contributed by atoms with Gasteiger partial charge in [-0.25, -0.2) is 4.98 Å². The number of rotatable bonds is 5. The number of carbonyl (C=O) groups excluding carboxylic acids is 1. The predicted molar refractivity (Wildman–Crippen MR) is 78.1 cm³/mol. The Morgan fingerprint density at radius 3 is 3.00 bits per heavy atom. The lowest BCUT2D eigenvalue weighted by molar-refractivity contribution is -0.120. The molecule has 0 aliphatic carbocycles. The van der Waals surface area contributed by atoms with Crippen LogP contribution in [0, 0.1) is 6.92 Å². The lowest BCUT2D eigenvalue weighted by Crippen LogP contribution is -2.27. The van der Waals surface area contributed by atoms with E-state index in [1.807, 2.05) is 11.4 Å². The van der Waals surface area contributed by atoms with E-state index in [1.54, 1.807) is 0 Å². The molecule has 2 aromatic rings. The number of amides is 1. The highest BCUT2D eigenvalue weighted by molar-refractivity contribution is 7.13. The van der Waals surface area contributed by atoms with Gasteiger partial charge in [-0.15, -0.1) is 11.3 Å². The summed E-state index contributed by atoms with van der Waals surface area (Å²) < 4.78 is 0. The first-order valence-corrected chi connectivity index (χ1v) is 7.03. The van der Waals surface area contributed by atoms with Gasteiger partial charge in [-0.05, 0) is 18.9 Å². The summed E-state index contributed by atoms with van der Waals surface area (Å²) in [6.45, 7) is 2.70. The summed E-state index contributed by atoms with van der Waals surface area (Å²) in [7, 11) is 0. The van der Waals surface area contributed by atoms with Crippen molar-refractivity contribution in [2.24, 2.45) is 0 Å². The molecule has 0 radical (unpaired) electrons. The number of hydrogen-bond acceptors (Lipinski definition) is 4. The first-order valence-electron chi connectivity index (χ1n) is 6.15. The van der Waals surface area contributed by atoms with Crippen LogP contribution in [0.3, 0.4) is 0 Å². The molecule has 0 aliphatic heterocycles. The van der Waals surface area contributed by atoms with Gasteiger partial charge in [0.25, 0.3) is 0 Å². The molecule has 5 heteroatoms. The number of nitrogens with one attached hydrogen (secondary N) is 1. The average Bonchev–Trinajstić information content (AvgIpc) is 2.75. The van der Waals surface area contributed by atoms with Crippen LogP contribution in [0.4, 0.5) is 5.13 Å². The van der Waals surface area contributed by atoms with Crippen LogP contribution in [0.5, 0.6) is 0 Å². The van der Waals surface area contributed by atoms with Gasteiger partial charge in [0.2, 0.25) is 5.91 Å². The van der Waals surface area contributed by atoms with Crippen molar-refractivity contribution in [1.29, 1.82) is 0 Å². The van der Waals surface area contributed by atoms with E-state index in [0.29, 0.717) is 18.1 Å². The Hall–Kier alpha value is -1.88. The van der Waals surface area contributed by atoms with E-state index in [-0.39, 0.29) is 5.91 Å². The molecular formula is C14H17N3OS. The number of benzene rings is 1. The van der Waals surface area contributed by atoms with E-state index in [2.05, 4.69) is 35.4 Å². The summed E-state index contributed by atoms with van der Waals surface area (Å²) in [4.78, 5) is 15.8. The molecule has 0 saturated heterocycles. The molecule has 2 rings (SSSR count). The Morgan fingerprint density at radius 2 is 2.32 bits per heavy atom. The number of anilines is 1. The maximum atomic E-state index is 11.7. The number of nitrogen functional groups attached to an aromatic ring is 1. The molecule has 0 atom stereocenters. The van der Waals surface area contributed by atoms with Crippen molar-refractivity contribution in [2.45, 2.75) is 19.8 Å². The van der Waals surface area contributed by atoms with Crippen molar-refractivity contribution in [2.75, 3.05) is 12.3 Å². The largest absolute Gasteiger partial charge is 0.375 e. The summed E-state index contributed by atoms with van der Waals surface area (Å²) in [6.07, 6.45) is 1.13. The Bertz CT molecular complexity index is 565. The third-order valence-corrected chi connectivity index (χ3v) is 3.45. The number of aromatic nitrogens is 1. The summed E-state index contributed by atoms with van der Waals surface area (Å²) in [5.41, 5.74) is 8.72. The fraction of sp³-hybridized carbons (Fsp3) is 0.286. The van der Waals surface area contributed by atoms with Crippen molar-refractivity contribution >= 4 is 22.4 Å². The quantitative estimate of drug-likeness (QED) is 0.876. The first-order chi connectivity index (χ1) is 9.13. The monoisotopic (exact) mass is 275 g/mol. The molecular weight excluding hydrogens is 258 g/mol. The molecule has 0 unspecified atom stereocenters. The highest BCUT2D eigenvalue weighted by atomic mass is 32.1. The van der Waals surface area contributed by atoms with E-state index in [1.165, 1.54) is 22.5 Å². The summed E-state index contributed by atoms with van der Waals surface area (Å²) in [5.74, 6) is -0.0158. The molecule has 0 bridgehead atoms. The zero-order chi connectivity index (χ0) is 13.7.